The van der Waals surface area contributed by atoms with Gasteiger partial charge in [0.05, 0.1) is 17.5 Å². The summed E-state index contributed by atoms with van der Waals surface area (Å²) in [5.41, 5.74) is 0.987. The molecule has 3 rings (SSSR count). The molecule has 1 heterocycles. The minimum absolute atomic E-state index is 0.112. The van der Waals surface area contributed by atoms with Crippen molar-refractivity contribution in [1.82, 2.24) is 9.55 Å². The SMILES string of the molecule is COCCOc1ccc(NC(=O)CCCCCn2c(=S)[nH]c3ccccc3c2=O)cc1F. The van der Waals surface area contributed by atoms with Crippen LogP contribution in [0.15, 0.2) is 47.3 Å². The van der Waals surface area contributed by atoms with Crippen molar-refractivity contribution in [3.05, 3.63) is 63.4 Å². The summed E-state index contributed by atoms with van der Waals surface area (Å²) in [4.78, 5) is 27.8. The van der Waals surface area contributed by atoms with Crippen LogP contribution in [0, 0.1) is 10.6 Å². The number of fused-ring (bicyclic) bond motifs is 1. The zero-order valence-electron chi connectivity index (χ0n) is 17.9. The van der Waals surface area contributed by atoms with Gasteiger partial charge in [0, 0.05) is 31.8 Å². The highest BCUT2D eigenvalue weighted by Gasteiger charge is 2.08. The molecule has 0 spiro atoms. The number of para-hydroxylation sites is 1. The number of aromatic amines is 1. The average Bonchev–Trinajstić information content (AvgIpc) is 2.77. The summed E-state index contributed by atoms with van der Waals surface area (Å²) >= 11 is 5.31. The maximum Gasteiger partial charge on any atom is 0.262 e. The van der Waals surface area contributed by atoms with Crippen molar-refractivity contribution in [2.45, 2.75) is 32.2 Å². The molecule has 7 nitrogen and oxygen atoms in total. The number of rotatable bonds is 11. The predicted octanol–water partition coefficient (Wildman–Crippen LogP) is 4.42. The standard InChI is InChI=1S/C23H26FN3O4S/c1-30-13-14-31-20-11-10-16(15-18(20)24)25-21(28)9-3-2-6-12-27-22(29)17-7-4-5-8-19(17)26-23(27)32/h4-5,7-8,10-11,15H,2-3,6,9,12-14H2,1H3,(H,25,28)(H,26,32). The molecule has 0 saturated carbocycles. The number of amides is 1. The molecular weight excluding hydrogens is 433 g/mol. The van der Waals surface area contributed by atoms with E-state index in [4.69, 9.17) is 21.7 Å². The van der Waals surface area contributed by atoms with Gasteiger partial charge < -0.3 is 19.8 Å². The van der Waals surface area contributed by atoms with E-state index in [1.165, 1.54) is 19.2 Å². The molecule has 3 aromatic rings. The van der Waals surface area contributed by atoms with Crippen LogP contribution in [0.5, 0.6) is 5.75 Å². The zero-order valence-corrected chi connectivity index (χ0v) is 18.7. The van der Waals surface area contributed by atoms with Gasteiger partial charge in [0.2, 0.25) is 5.91 Å². The van der Waals surface area contributed by atoms with Crippen molar-refractivity contribution in [3.63, 3.8) is 0 Å². The molecule has 2 aromatic carbocycles. The van der Waals surface area contributed by atoms with E-state index in [1.807, 2.05) is 18.2 Å². The van der Waals surface area contributed by atoms with Gasteiger partial charge in [-0.1, -0.05) is 18.6 Å². The molecular formula is C23H26FN3O4S. The maximum absolute atomic E-state index is 14.0. The lowest BCUT2D eigenvalue weighted by atomic mass is 10.1. The van der Waals surface area contributed by atoms with Gasteiger partial charge in [0.25, 0.3) is 5.56 Å². The van der Waals surface area contributed by atoms with Crippen molar-refractivity contribution in [2.75, 3.05) is 25.6 Å². The highest BCUT2D eigenvalue weighted by atomic mass is 32.1. The Kier molecular flexibility index (Phi) is 8.52. The summed E-state index contributed by atoms with van der Waals surface area (Å²) in [6, 6.07) is 11.6. The molecule has 0 aliphatic carbocycles. The van der Waals surface area contributed by atoms with E-state index in [2.05, 4.69) is 10.3 Å². The highest BCUT2D eigenvalue weighted by Crippen LogP contribution is 2.21. The van der Waals surface area contributed by atoms with E-state index in [1.54, 1.807) is 16.7 Å². The van der Waals surface area contributed by atoms with E-state index in [-0.39, 0.29) is 23.8 Å². The number of methoxy groups -OCH3 is 1. The Hall–Kier alpha value is -3.04. The van der Waals surface area contributed by atoms with Crippen molar-refractivity contribution in [2.24, 2.45) is 0 Å². The second-order valence-electron chi connectivity index (χ2n) is 7.28. The monoisotopic (exact) mass is 459 g/mol. The van der Waals surface area contributed by atoms with E-state index in [9.17, 15) is 14.0 Å². The van der Waals surface area contributed by atoms with Crippen LogP contribution in [0.1, 0.15) is 25.7 Å². The number of nitrogens with one attached hydrogen (secondary N) is 2. The zero-order chi connectivity index (χ0) is 22.9. The van der Waals surface area contributed by atoms with Gasteiger partial charge in [-0.15, -0.1) is 0 Å². The summed E-state index contributed by atoms with van der Waals surface area (Å²) in [6.45, 7) is 1.09. The quantitative estimate of drug-likeness (QED) is 0.327. The van der Waals surface area contributed by atoms with Crippen LogP contribution in [0.2, 0.25) is 0 Å². The minimum atomic E-state index is -0.545. The Balaban J connectivity index is 1.44. The predicted molar refractivity (Wildman–Crippen MR) is 124 cm³/mol. The fraction of sp³-hybridized carbons (Fsp3) is 0.348. The number of H-pyrrole nitrogens is 1. The molecule has 0 aliphatic rings. The number of benzene rings is 2. The van der Waals surface area contributed by atoms with Crippen molar-refractivity contribution in [3.8, 4) is 5.75 Å². The van der Waals surface area contributed by atoms with Crippen LogP contribution < -0.4 is 15.6 Å². The number of carbonyl (C=O) groups is 1. The van der Waals surface area contributed by atoms with E-state index < -0.39 is 5.82 Å². The molecule has 0 radical (unpaired) electrons. The van der Waals surface area contributed by atoms with E-state index in [0.717, 1.165) is 11.9 Å². The molecule has 0 unspecified atom stereocenters. The Bertz CT molecular complexity index is 1190. The topological polar surface area (TPSA) is 85.3 Å². The summed E-state index contributed by atoms with van der Waals surface area (Å²) < 4.78 is 26.1. The van der Waals surface area contributed by atoms with Gasteiger partial charge in [0.1, 0.15) is 6.61 Å². The van der Waals surface area contributed by atoms with Crippen LogP contribution >= 0.6 is 12.2 Å². The first-order chi connectivity index (χ1) is 15.5. The maximum atomic E-state index is 14.0. The number of hydrogen-bond donors (Lipinski definition) is 2. The van der Waals surface area contributed by atoms with Crippen molar-refractivity contribution < 1.29 is 18.7 Å². The largest absolute Gasteiger partial charge is 0.488 e. The first kappa shape index (κ1) is 23.6. The molecule has 0 saturated heterocycles. The minimum Gasteiger partial charge on any atom is -0.488 e. The van der Waals surface area contributed by atoms with E-state index in [0.29, 0.717) is 48.3 Å². The lowest BCUT2D eigenvalue weighted by Crippen LogP contribution is -2.22. The Morgan fingerprint density at radius 1 is 1.16 bits per heavy atom. The first-order valence-corrected chi connectivity index (χ1v) is 10.8. The first-order valence-electron chi connectivity index (χ1n) is 10.4. The third kappa shape index (κ3) is 6.24. The molecule has 1 amide bonds. The number of aromatic nitrogens is 2. The summed E-state index contributed by atoms with van der Waals surface area (Å²) in [5, 5.41) is 3.29. The van der Waals surface area contributed by atoms with Crippen LogP contribution in [0.4, 0.5) is 10.1 Å². The smallest absolute Gasteiger partial charge is 0.262 e. The highest BCUT2D eigenvalue weighted by molar-refractivity contribution is 7.71. The second kappa shape index (κ2) is 11.5. The summed E-state index contributed by atoms with van der Waals surface area (Å²) in [7, 11) is 1.54. The molecule has 2 N–H and O–H groups in total. The van der Waals surface area contributed by atoms with Crippen molar-refractivity contribution >= 4 is 34.7 Å². The van der Waals surface area contributed by atoms with Gasteiger partial charge in [-0.3, -0.25) is 14.2 Å². The normalized spacial score (nSPS) is 10.9. The van der Waals surface area contributed by atoms with Crippen LogP contribution in [-0.4, -0.2) is 35.8 Å². The lowest BCUT2D eigenvalue weighted by Gasteiger charge is -2.10. The Labute approximate surface area is 190 Å². The third-order valence-electron chi connectivity index (χ3n) is 4.94. The fourth-order valence-electron chi connectivity index (χ4n) is 3.29. The molecule has 0 bridgehead atoms. The number of anilines is 1. The van der Waals surface area contributed by atoms with Crippen LogP contribution in [-0.2, 0) is 16.1 Å². The number of nitrogens with zero attached hydrogens (tertiary/aromatic N) is 1. The van der Waals surface area contributed by atoms with Gasteiger partial charge in [-0.2, -0.15) is 0 Å². The molecule has 0 fully saturated rings. The molecule has 0 atom stereocenters. The van der Waals surface area contributed by atoms with Crippen LogP contribution in [0.3, 0.4) is 0 Å². The summed E-state index contributed by atoms with van der Waals surface area (Å²) in [6.07, 6.45) is 2.41. The second-order valence-corrected chi connectivity index (χ2v) is 7.66. The third-order valence-corrected chi connectivity index (χ3v) is 5.26. The Morgan fingerprint density at radius 3 is 2.75 bits per heavy atom. The number of unbranched alkanes of at least 4 members (excludes halogenated alkanes) is 2. The van der Waals surface area contributed by atoms with E-state index >= 15 is 0 Å². The van der Waals surface area contributed by atoms with Gasteiger partial charge in [0.15, 0.2) is 16.3 Å². The van der Waals surface area contributed by atoms with Crippen molar-refractivity contribution in [1.29, 1.82) is 0 Å². The fourth-order valence-corrected chi connectivity index (χ4v) is 3.57. The van der Waals surface area contributed by atoms with Crippen LogP contribution in [0.25, 0.3) is 10.9 Å². The average molecular weight is 460 g/mol. The number of halogens is 1. The lowest BCUT2D eigenvalue weighted by molar-refractivity contribution is -0.116. The number of ether oxygens (including phenoxy) is 2. The summed E-state index contributed by atoms with van der Waals surface area (Å²) in [5.74, 6) is -0.629. The number of carbonyl (C=O) groups excluding carboxylic acids is 1. The molecule has 170 valence electrons. The van der Waals surface area contributed by atoms with Gasteiger partial charge in [-0.05, 0) is 49.3 Å². The molecule has 9 heteroatoms. The Morgan fingerprint density at radius 2 is 1.97 bits per heavy atom. The van der Waals surface area contributed by atoms with Gasteiger partial charge >= 0.3 is 0 Å². The van der Waals surface area contributed by atoms with Gasteiger partial charge in [-0.25, -0.2) is 4.39 Å². The number of hydrogen-bond acceptors (Lipinski definition) is 5. The molecule has 32 heavy (non-hydrogen) atoms. The molecule has 1 aromatic heterocycles. The molecule has 0 aliphatic heterocycles.